The molecule has 1 aromatic carbocycles. The molecule has 1 heterocycles. The van der Waals surface area contributed by atoms with Crippen molar-refractivity contribution in [1.29, 1.82) is 0 Å². The molecule has 0 amide bonds. The zero-order valence-corrected chi connectivity index (χ0v) is 11.1. The van der Waals surface area contributed by atoms with E-state index in [1.807, 2.05) is 11.1 Å². The van der Waals surface area contributed by atoms with Crippen LogP contribution in [0.25, 0.3) is 0 Å². The second-order valence-electron chi connectivity index (χ2n) is 4.98. The van der Waals surface area contributed by atoms with E-state index < -0.39 is 0 Å². The zero-order chi connectivity index (χ0) is 12.5. The first-order chi connectivity index (χ1) is 8.77. The van der Waals surface area contributed by atoms with E-state index in [1.54, 1.807) is 0 Å². The van der Waals surface area contributed by atoms with Crippen LogP contribution in [-0.4, -0.2) is 15.8 Å². The van der Waals surface area contributed by atoms with Crippen LogP contribution in [0.4, 0.5) is 0 Å². The summed E-state index contributed by atoms with van der Waals surface area (Å²) < 4.78 is 0. The van der Waals surface area contributed by atoms with Crippen molar-refractivity contribution >= 4 is 23.0 Å². The molecular formula is C14H17N3S. The van der Waals surface area contributed by atoms with Gasteiger partial charge < -0.3 is 5.73 Å². The van der Waals surface area contributed by atoms with Crippen molar-refractivity contribution < 1.29 is 0 Å². The largest absolute Gasteiger partial charge is 0.375 e. The minimum atomic E-state index is 0.207. The Morgan fingerprint density at radius 3 is 2.78 bits per heavy atom. The molecule has 18 heavy (non-hydrogen) atoms. The molecule has 1 aliphatic carbocycles. The van der Waals surface area contributed by atoms with E-state index in [2.05, 4.69) is 29.4 Å². The number of nitrogens with zero attached hydrogens (tertiary/aromatic N) is 2. The number of hydrogen-bond donors (Lipinski definition) is 1. The molecule has 0 radical (unpaired) electrons. The molecule has 2 unspecified atom stereocenters. The maximum Gasteiger partial charge on any atom is 0.187 e. The molecule has 4 heteroatoms. The number of thiocarbonyl (C=S) groups is 1. The van der Waals surface area contributed by atoms with Gasteiger partial charge in [0.25, 0.3) is 0 Å². The van der Waals surface area contributed by atoms with Crippen molar-refractivity contribution in [2.24, 2.45) is 16.8 Å². The first kappa shape index (κ1) is 11.7. The molecule has 0 aromatic heterocycles. The summed E-state index contributed by atoms with van der Waals surface area (Å²) in [6, 6.07) is 10.7. The Balaban J connectivity index is 1.98. The summed E-state index contributed by atoms with van der Waals surface area (Å²) >= 11 is 5.15. The van der Waals surface area contributed by atoms with Crippen molar-refractivity contribution in [2.75, 3.05) is 0 Å². The van der Waals surface area contributed by atoms with Crippen molar-refractivity contribution in [2.45, 2.75) is 31.7 Å². The lowest BCUT2D eigenvalue weighted by Gasteiger charge is -2.28. The molecule has 2 atom stereocenters. The highest BCUT2D eigenvalue weighted by Gasteiger charge is 2.40. The third-order valence-electron chi connectivity index (χ3n) is 3.87. The van der Waals surface area contributed by atoms with Crippen molar-refractivity contribution in [3.63, 3.8) is 0 Å². The van der Waals surface area contributed by atoms with Crippen LogP contribution in [0.15, 0.2) is 35.4 Å². The van der Waals surface area contributed by atoms with Gasteiger partial charge in [0.2, 0.25) is 0 Å². The first-order valence-corrected chi connectivity index (χ1v) is 6.89. The smallest absolute Gasteiger partial charge is 0.187 e. The highest BCUT2D eigenvalue weighted by atomic mass is 32.1. The number of hydrogen-bond acceptors (Lipinski definition) is 2. The van der Waals surface area contributed by atoms with Crippen LogP contribution in [0, 0.1) is 5.92 Å². The van der Waals surface area contributed by atoms with Gasteiger partial charge in [-0.15, -0.1) is 0 Å². The summed E-state index contributed by atoms with van der Waals surface area (Å²) in [5, 5.41) is 6.87. The monoisotopic (exact) mass is 259 g/mol. The summed E-state index contributed by atoms with van der Waals surface area (Å²) in [5.41, 5.74) is 8.37. The molecule has 0 spiro atoms. The first-order valence-electron chi connectivity index (χ1n) is 6.48. The Bertz CT molecular complexity index is 483. The van der Waals surface area contributed by atoms with Gasteiger partial charge in [-0.1, -0.05) is 36.8 Å². The number of fused-ring (bicyclic) bond motifs is 1. The maximum atomic E-state index is 5.83. The Morgan fingerprint density at radius 2 is 2.06 bits per heavy atom. The Morgan fingerprint density at radius 1 is 1.28 bits per heavy atom. The summed E-state index contributed by atoms with van der Waals surface area (Å²) in [6.45, 7) is 0. The van der Waals surface area contributed by atoms with Crippen LogP contribution in [-0.2, 0) is 0 Å². The van der Waals surface area contributed by atoms with Crippen LogP contribution in [0.3, 0.4) is 0 Å². The molecule has 1 aliphatic heterocycles. The topological polar surface area (TPSA) is 41.6 Å². The zero-order valence-electron chi connectivity index (χ0n) is 10.2. The highest BCUT2D eigenvalue weighted by molar-refractivity contribution is 7.80. The van der Waals surface area contributed by atoms with E-state index in [1.165, 1.54) is 30.5 Å². The Labute approximate surface area is 113 Å². The van der Waals surface area contributed by atoms with Gasteiger partial charge in [-0.05, 0) is 37.0 Å². The van der Waals surface area contributed by atoms with Gasteiger partial charge in [-0.2, -0.15) is 5.10 Å². The molecule has 1 saturated carbocycles. The number of nitrogens with two attached hydrogens (primary N) is 1. The van der Waals surface area contributed by atoms with Crippen molar-refractivity contribution in [3.8, 4) is 0 Å². The van der Waals surface area contributed by atoms with E-state index in [4.69, 9.17) is 18.0 Å². The molecule has 0 bridgehead atoms. The molecule has 1 aromatic rings. The Kier molecular flexibility index (Phi) is 3.04. The minimum Gasteiger partial charge on any atom is -0.375 e. The normalized spacial score (nSPS) is 26.7. The molecule has 0 saturated heterocycles. The van der Waals surface area contributed by atoms with Gasteiger partial charge in [-0.25, -0.2) is 5.01 Å². The van der Waals surface area contributed by atoms with Crippen molar-refractivity contribution in [1.82, 2.24) is 5.01 Å². The lowest BCUT2D eigenvalue weighted by atomic mass is 9.80. The van der Waals surface area contributed by atoms with Crippen LogP contribution in [0.5, 0.6) is 0 Å². The number of rotatable bonds is 1. The highest BCUT2D eigenvalue weighted by Crippen LogP contribution is 2.41. The maximum absolute atomic E-state index is 5.83. The Hall–Kier alpha value is -1.42. The molecule has 2 aliphatic rings. The quantitative estimate of drug-likeness (QED) is 0.789. The second kappa shape index (κ2) is 4.69. The fraction of sp³-hybridized carbons (Fsp3) is 0.429. The van der Waals surface area contributed by atoms with Gasteiger partial charge >= 0.3 is 0 Å². The SMILES string of the molecule is NC(=S)N1N=C2CCCCC2C1c1ccccc1. The number of hydrazone groups is 1. The van der Waals surface area contributed by atoms with Crippen LogP contribution in [0.2, 0.25) is 0 Å². The van der Waals surface area contributed by atoms with E-state index in [9.17, 15) is 0 Å². The predicted octanol–water partition coefficient (Wildman–Crippen LogP) is 2.83. The molecule has 3 nitrogen and oxygen atoms in total. The van der Waals surface area contributed by atoms with Gasteiger partial charge in [0.05, 0.1) is 6.04 Å². The van der Waals surface area contributed by atoms with Crippen molar-refractivity contribution in [3.05, 3.63) is 35.9 Å². The third-order valence-corrected chi connectivity index (χ3v) is 4.06. The number of benzene rings is 1. The summed E-state index contributed by atoms with van der Waals surface area (Å²) in [5.74, 6) is 0.489. The van der Waals surface area contributed by atoms with Gasteiger partial charge in [0.15, 0.2) is 5.11 Å². The van der Waals surface area contributed by atoms with Crippen LogP contribution < -0.4 is 5.73 Å². The standard InChI is InChI=1S/C14H17N3S/c15-14(18)17-13(10-6-2-1-3-7-10)11-8-4-5-9-12(11)16-17/h1-3,6-7,11,13H,4-5,8-9H2,(H2,15,18). The average molecular weight is 259 g/mol. The van der Waals surface area contributed by atoms with Crippen LogP contribution in [0.1, 0.15) is 37.3 Å². The molecule has 1 fully saturated rings. The molecule has 2 N–H and O–H groups in total. The van der Waals surface area contributed by atoms with Gasteiger partial charge in [-0.3, -0.25) is 0 Å². The minimum absolute atomic E-state index is 0.207. The molecule has 3 rings (SSSR count). The van der Waals surface area contributed by atoms with E-state index in [0.717, 1.165) is 6.42 Å². The van der Waals surface area contributed by atoms with Crippen LogP contribution >= 0.6 is 12.2 Å². The van der Waals surface area contributed by atoms with E-state index in [0.29, 0.717) is 11.0 Å². The molecule has 94 valence electrons. The van der Waals surface area contributed by atoms with Gasteiger partial charge in [0, 0.05) is 11.6 Å². The summed E-state index contributed by atoms with van der Waals surface area (Å²) in [6.07, 6.45) is 4.80. The third kappa shape index (κ3) is 1.90. The van der Waals surface area contributed by atoms with E-state index in [-0.39, 0.29) is 6.04 Å². The summed E-state index contributed by atoms with van der Waals surface area (Å²) in [7, 11) is 0. The van der Waals surface area contributed by atoms with Gasteiger partial charge in [0.1, 0.15) is 0 Å². The average Bonchev–Trinajstić information content (AvgIpc) is 2.79. The molecular weight excluding hydrogens is 242 g/mol. The summed E-state index contributed by atoms with van der Waals surface area (Å²) in [4.78, 5) is 0. The lowest BCUT2D eigenvalue weighted by Crippen LogP contribution is -2.34. The van der Waals surface area contributed by atoms with E-state index >= 15 is 0 Å². The fourth-order valence-electron chi connectivity index (χ4n) is 3.07. The fourth-order valence-corrected chi connectivity index (χ4v) is 3.22. The predicted molar refractivity (Wildman–Crippen MR) is 77.2 cm³/mol. The second-order valence-corrected chi connectivity index (χ2v) is 5.40. The lowest BCUT2D eigenvalue weighted by molar-refractivity contribution is 0.302.